The molecule has 2 nitrogen and oxygen atoms in total. The second-order valence-electron chi connectivity index (χ2n) is 4.83. The molecule has 2 heterocycles. The van der Waals surface area contributed by atoms with Crippen molar-refractivity contribution in [2.24, 2.45) is 5.41 Å². The molecule has 1 spiro atoms. The number of hydrogen-bond donors (Lipinski definition) is 0. The number of hydrogen-bond acceptors (Lipinski definition) is 2. The molecular formula is C9H14O2. The molecule has 3 unspecified atom stereocenters. The highest BCUT2D eigenvalue weighted by Crippen LogP contribution is 2.74. The third kappa shape index (κ3) is 0.456. The second-order valence-corrected chi connectivity index (χ2v) is 4.83. The molecule has 3 atom stereocenters. The quantitative estimate of drug-likeness (QED) is 0.496. The summed E-state index contributed by atoms with van der Waals surface area (Å²) < 4.78 is 11.3. The van der Waals surface area contributed by atoms with Crippen molar-refractivity contribution < 1.29 is 9.47 Å². The Morgan fingerprint density at radius 3 is 2.64 bits per heavy atom. The van der Waals surface area contributed by atoms with Crippen LogP contribution in [0.25, 0.3) is 0 Å². The Kier molecular flexibility index (Phi) is 0.744. The van der Waals surface area contributed by atoms with Gasteiger partial charge in [0.15, 0.2) is 0 Å². The van der Waals surface area contributed by atoms with E-state index in [1.54, 1.807) is 0 Å². The molecule has 0 amide bonds. The standard InChI is InChI=1S/C9H14O2/c1-7(2)5-4-6-9(10-6)8(7,3)11-9/h6H,4-5H2,1-3H3. The third-order valence-corrected chi connectivity index (χ3v) is 3.99. The minimum absolute atomic E-state index is 0.0307. The van der Waals surface area contributed by atoms with Crippen molar-refractivity contribution in [1.82, 2.24) is 0 Å². The first-order valence-electron chi connectivity index (χ1n) is 4.40. The van der Waals surface area contributed by atoms with Gasteiger partial charge in [0.05, 0.1) is 0 Å². The highest BCUT2D eigenvalue weighted by atomic mass is 16.9. The third-order valence-electron chi connectivity index (χ3n) is 3.99. The summed E-state index contributed by atoms with van der Waals surface area (Å²) in [4.78, 5) is 0. The van der Waals surface area contributed by atoms with Crippen molar-refractivity contribution in [3.63, 3.8) is 0 Å². The maximum atomic E-state index is 5.72. The Hall–Kier alpha value is -0.0800. The molecule has 3 fully saturated rings. The van der Waals surface area contributed by atoms with E-state index in [-0.39, 0.29) is 11.4 Å². The van der Waals surface area contributed by atoms with Crippen LogP contribution in [0.15, 0.2) is 0 Å². The van der Waals surface area contributed by atoms with E-state index < -0.39 is 0 Å². The lowest BCUT2D eigenvalue weighted by Crippen LogP contribution is -2.37. The lowest BCUT2D eigenvalue weighted by Gasteiger charge is -2.30. The van der Waals surface area contributed by atoms with E-state index >= 15 is 0 Å². The van der Waals surface area contributed by atoms with Crippen LogP contribution in [-0.4, -0.2) is 17.5 Å². The van der Waals surface area contributed by atoms with Crippen LogP contribution in [0.2, 0.25) is 0 Å². The van der Waals surface area contributed by atoms with Gasteiger partial charge in [-0.3, -0.25) is 0 Å². The van der Waals surface area contributed by atoms with Gasteiger partial charge >= 0.3 is 0 Å². The molecule has 62 valence electrons. The first-order chi connectivity index (χ1) is 5.02. The van der Waals surface area contributed by atoms with Crippen LogP contribution >= 0.6 is 0 Å². The van der Waals surface area contributed by atoms with E-state index in [0.717, 1.165) is 0 Å². The molecule has 11 heavy (non-hydrogen) atoms. The van der Waals surface area contributed by atoms with E-state index in [1.165, 1.54) is 12.8 Å². The summed E-state index contributed by atoms with van der Waals surface area (Å²) in [6.45, 7) is 6.74. The Morgan fingerprint density at radius 2 is 2.00 bits per heavy atom. The predicted octanol–water partition coefficient (Wildman–Crippen LogP) is 1.69. The van der Waals surface area contributed by atoms with Gasteiger partial charge in [0.1, 0.15) is 11.7 Å². The van der Waals surface area contributed by atoms with Gasteiger partial charge in [-0.1, -0.05) is 13.8 Å². The number of rotatable bonds is 0. The average molecular weight is 154 g/mol. The largest absolute Gasteiger partial charge is 0.336 e. The molecule has 2 heteroatoms. The SMILES string of the molecule is CC1(C)CCC2OC23OC13C. The fraction of sp³-hybridized carbons (Fsp3) is 1.00. The van der Waals surface area contributed by atoms with E-state index in [4.69, 9.17) is 9.47 Å². The van der Waals surface area contributed by atoms with E-state index in [0.29, 0.717) is 11.5 Å². The predicted molar refractivity (Wildman–Crippen MR) is 40.1 cm³/mol. The maximum absolute atomic E-state index is 5.72. The van der Waals surface area contributed by atoms with Crippen LogP contribution in [0, 0.1) is 5.41 Å². The molecule has 0 N–H and O–H groups in total. The summed E-state index contributed by atoms with van der Waals surface area (Å²) in [5.74, 6) is -0.116. The molecule has 3 rings (SSSR count). The van der Waals surface area contributed by atoms with Crippen molar-refractivity contribution in [1.29, 1.82) is 0 Å². The Labute approximate surface area is 66.9 Å². The van der Waals surface area contributed by atoms with Crippen LogP contribution in [0.4, 0.5) is 0 Å². The van der Waals surface area contributed by atoms with Crippen LogP contribution in [0.5, 0.6) is 0 Å². The Morgan fingerprint density at radius 1 is 1.27 bits per heavy atom. The monoisotopic (exact) mass is 154 g/mol. The first-order valence-corrected chi connectivity index (χ1v) is 4.40. The molecule has 0 radical (unpaired) electrons. The van der Waals surface area contributed by atoms with E-state index in [1.807, 2.05) is 0 Å². The van der Waals surface area contributed by atoms with Crippen molar-refractivity contribution >= 4 is 0 Å². The number of ether oxygens (including phenoxy) is 2. The van der Waals surface area contributed by atoms with E-state index in [2.05, 4.69) is 20.8 Å². The summed E-state index contributed by atoms with van der Waals surface area (Å²) in [7, 11) is 0. The fourth-order valence-electron chi connectivity index (χ4n) is 2.55. The van der Waals surface area contributed by atoms with Crippen LogP contribution < -0.4 is 0 Å². The van der Waals surface area contributed by atoms with Gasteiger partial charge in [-0.15, -0.1) is 0 Å². The molecule has 0 aromatic rings. The topological polar surface area (TPSA) is 25.1 Å². The summed E-state index contributed by atoms with van der Waals surface area (Å²) in [6, 6.07) is 0. The summed E-state index contributed by atoms with van der Waals surface area (Å²) in [6.07, 6.45) is 2.85. The zero-order chi connectivity index (χ0) is 7.91. The molecule has 2 aliphatic heterocycles. The molecule has 0 aromatic heterocycles. The minimum Gasteiger partial charge on any atom is -0.336 e. The number of epoxide rings is 2. The van der Waals surface area contributed by atoms with Crippen molar-refractivity contribution in [3.05, 3.63) is 0 Å². The lowest BCUT2D eigenvalue weighted by molar-refractivity contribution is 0.135. The highest BCUT2D eigenvalue weighted by molar-refractivity contribution is 5.28. The van der Waals surface area contributed by atoms with Crippen LogP contribution in [0.3, 0.4) is 0 Å². The van der Waals surface area contributed by atoms with Crippen LogP contribution in [0.1, 0.15) is 33.6 Å². The molecule has 1 saturated carbocycles. The molecule has 1 aliphatic carbocycles. The van der Waals surface area contributed by atoms with Gasteiger partial charge in [0.25, 0.3) is 0 Å². The summed E-state index contributed by atoms with van der Waals surface area (Å²) in [5, 5.41) is 0. The molecule has 3 aliphatic rings. The van der Waals surface area contributed by atoms with Gasteiger partial charge < -0.3 is 9.47 Å². The highest BCUT2D eigenvalue weighted by Gasteiger charge is 2.89. The molecule has 0 bridgehead atoms. The zero-order valence-electron chi connectivity index (χ0n) is 7.31. The van der Waals surface area contributed by atoms with Gasteiger partial charge in [0.2, 0.25) is 5.79 Å². The Balaban J connectivity index is 2.03. The van der Waals surface area contributed by atoms with Crippen molar-refractivity contribution in [2.45, 2.75) is 51.1 Å². The van der Waals surface area contributed by atoms with E-state index in [9.17, 15) is 0 Å². The van der Waals surface area contributed by atoms with Crippen molar-refractivity contribution in [2.75, 3.05) is 0 Å². The fourth-order valence-corrected chi connectivity index (χ4v) is 2.55. The molecular weight excluding hydrogens is 140 g/mol. The lowest BCUT2D eigenvalue weighted by atomic mass is 9.69. The summed E-state index contributed by atoms with van der Waals surface area (Å²) >= 11 is 0. The zero-order valence-corrected chi connectivity index (χ0v) is 7.31. The van der Waals surface area contributed by atoms with Gasteiger partial charge in [-0.25, -0.2) is 0 Å². The maximum Gasteiger partial charge on any atom is 0.226 e. The first kappa shape index (κ1) is 6.44. The second kappa shape index (κ2) is 1.27. The average Bonchev–Trinajstić information content (AvgIpc) is 2.70. The summed E-state index contributed by atoms with van der Waals surface area (Å²) in [5.41, 5.74) is 0.336. The van der Waals surface area contributed by atoms with Crippen molar-refractivity contribution in [3.8, 4) is 0 Å². The smallest absolute Gasteiger partial charge is 0.226 e. The normalized spacial score (nSPS) is 63.0. The van der Waals surface area contributed by atoms with Gasteiger partial charge in [-0.05, 0) is 25.2 Å². The van der Waals surface area contributed by atoms with Gasteiger partial charge in [-0.2, -0.15) is 0 Å². The minimum atomic E-state index is -0.116. The van der Waals surface area contributed by atoms with Crippen LogP contribution in [-0.2, 0) is 9.47 Å². The molecule has 2 saturated heterocycles. The Bertz CT molecular complexity index is 236. The molecule has 0 aromatic carbocycles. The van der Waals surface area contributed by atoms with Gasteiger partial charge in [0, 0.05) is 0 Å².